The van der Waals surface area contributed by atoms with Gasteiger partial charge in [0.1, 0.15) is 11.3 Å². The molecule has 0 bridgehead atoms. The number of benzene rings is 1. The van der Waals surface area contributed by atoms with Gasteiger partial charge in [0, 0.05) is 17.0 Å². The van der Waals surface area contributed by atoms with Crippen LogP contribution in [0, 0.1) is 13.8 Å². The molecule has 0 unspecified atom stereocenters. The van der Waals surface area contributed by atoms with E-state index in [9.17, 15) is 0 Å². The number of hydrogen-bond donors (Lipinski definition) is 0. The van der Waals surface area contributed by atoms with E-state index in [-0.39, 0.29) is 0 Å². The molecule has 15 heavy (non-hydrogen) atoms. The lowest BCUT2D eigenvalue weighted by Crippen LogP contribution is -1.77. The van der Waals surface area contributed by atoms with Crippen molar-refractivity contribution in [1.82, 2.24) is 4.98 Å². The summed E-state index contributed by atoms with van der Waals surface area (Å²) in [7, 11) is 0. The average molecular weight is 197 g/mol. The summed E-state index contributed by atoms with van der Waals surface area (Å²) in [5.41, 5.74) is 3.06. The number of fused-ring (bicyclic) bond motifs is 3. The number of aromatic nitrogens is 1. The van der Waals surface area contributed by atoms with Gasteiger partial charge in [-0.2, -0.15) is 0 Å². The highest BCUT2D eigenvalue weighted by Gasteiger charge is 2.09. The third kappa shape index (κ3) is 1.08. The van der Waals surface area contributed by atoms with Gasteiger partial charge in [-0.1, -0.05) is 18.2 Å². The Morgan fingerprint density at radius 3 is 2.87 bits per heavy atom. The van der Waals surface area contributed by atoms with E-state index in [2.05, 4.69) is 30.1 Å². The highest BCUT2D eigenvalue weighted by atomic mass is 16.3. The van der Waals surface area contributed by atoms with Gasteiger partial charge >= 0.3 is 0 Å². The van der Waals surface area contributed by atoms with Crippen molar-refractivity contribution >= 4 is 21.9 Å². The monoisotopic (exact) mass is 197 g/mol. The van der Waals surface area contributed by atoms with Crippen LogP contribution in [0.2, 0.25) is 0 Å². The molecule has 0 fully saturated rings. The Hall–Kier alpha value is -1.83. The van der Waals surface area contributed by atoms with E-state index >= 15 is 0 Å². The van der Waals surface area contributed by atoms with Crippen LogP contribution in [-0.2, 0) is 0 Å². The van der Waals surface area contributed by atoms with E-state index in [4.69, 9.17) is 4.42 Å². The molecular weight excluding hydrogens is 186 g/mol. The lowest BCUT2D eigenvalue weighted by Gasteiger charge is -1.96. The minimum atomic E-state index is 0.906. The van der Waals surface area contributed by atoms with E-state index in [1.807, 2.05) is 13.0 Å². The van der Waals surface area contributed by atoms with Gasteiger partial charge in [-0.15, -0.1) is 0 Å². The number of aryl methyl sites for hydroxylation is 2. The number of pyridine rings is 1. The molecule has 74 valence electrons. The predicted molar refractivity (Wildman–Crippen MR) is 61.0 cm³/mol. The second-order valence-corrected chi connectivity index (χ2v) is 3.80. The zero-order valence-electron chi connectivity index (χ0n) is 8.74. The summed E-state index contributed by atoms with van der Waals surface area (Å²) in [4.78, 5) is 4.37. The fraction of sp³-hybridized carbons (Fsp3) is 0.154. The van der Waals surface area contributed by atoms with Crippen LogP contribution in [0.1, 0.15) is 11.3 Å². The lowest BCUT2D eigenvalue weighted by atomic mass is 10.1. The number of hydrogen-bond acceptors (Lipinski definition) is 2. The summed E-state index contributed by atoms with van der Waals surface area (Å²) < 4.78 is 5.75. The quantitative estimate of drug-likeness (QED) is 0.550. The third-order valence-electron chi connectivity index (χ3n) is 2.92. The van der Waals surface area contributed by atoms with Gasteiger partial charge in [0.2, 0.25) is 0 Å². The van der Waals surface area contributed by atoms with E-state index in [0.29, 0.717) is 0 Å². The lowest BCUT2D eigenvalue weighted by molar-refractivity contribution is 0.577. The number of nitrogens with zero attached hydrogens (tertiary/aromatic N) is 1. The van der Waals surface area contributed by atoms with Crippen molar-refractivity contribution < 1.29 is 4.42 Å². The molecule has 0 radical (unpaired) electrons. The fourth-order valence-electron chi connectivity index (χ4n) is 1.94. The second-order valence-electron chi connectivity index (χ2n) is 3.80. The minimum absolute atomic E-state index is 0.906. The first kappa shape index (κ1) is 8.48. The molecule has 2 heteroatoms. The van der Waals surface area contributed by atoms with Crippen LogP contribution in [0.15, 0.2) is 34.9 Å². The van der Waals surface area contributed by atoms with Gasteiger partial charge in [-0.05, 0) is 25.5 Å². The summed E-state index contributed by atoms with van der Waals surface area (Å²) in [6, 6.07) is 8.18. The highest BCUT2D eigenvalue weighted by Crippen LogP contribution is 2.29. The molecule has 0 spiro atoms. The Balaban J connectivity index is 2.60. The Labute approximate surface area is 87.5 Å². The van der Waals surface area contributed by atoms with Crippen molar-refractivity contribution in [3.05, 3.63) is 41.8 Å². The Morgan fingerprint density at radius 1 is 1.13 bits per heavy atom. The van der Waals surface area contributed by atoms with E-state index < -0.39 is 0 Å². The largest absolute Gasteiger partial charge is 0.459 e. The topological polar surface area (TPSA) is 26.0 Å². The Bertz CT molecular complexity index is 652. The summed E-state index contributed by atoms with van der Waals surface area (Å²) >= 11 is 0. The van der Waals surface area contributed by atoms with Gasteiger partial charge in [-0.3, -0.25) is 4.98 Å². The SMILES string of the molecule is Cc1oc2c(ccc3cccnc32)c1C. The first-order valence-corrected chi connectivity index (χ1v) is 5.01. The van der Waals surface area contributed by atoms with E-state index in [1.165, 1.54) is 10.9 Å². The van der Waals surface area contributed by atoms with Crippen LogP contribution < -0.4 is 0 Å². The number of rotatable bonds is 0. The molecule has 0 aliphatic heterocycles. The molecule has 3 rings (SSSR count). The molecule has 0 atom stereocenters. The first-order valence-electron chi connectivity index (χ1n) is 5.01. The smallest absolute Gasteiger partial charge is 0.160 e. The normalized spacial score (nSPS) is 11.3. The number of furan rings is 1. The Morgan fingerprint density at radius 2 is 2.00 bits per heavy atom. The molecule has 3 aromatic rings. The summed E-state index contributed by atoms with van der Waals surface area (Å²) in [5.74, 6) is 0.975. The summed E-state index contributed by atoms with van der Waals surface area (Å²) in [6.07, 6.45) is 1.80. The van der Waals surface area contributed by atoms with Gasteiger partial charge in [0.15, 0.2) is 5.58 Å². The first-order chi connectivity index (χ1) is 7.27. The van der Waals surface area contributed by atoms with Crippen molar-refractivity contribution in [1.29, 1.82) is 0 Å². The molecule has 2 aromatic heterocycles. The van der Waals surface area contributed by atoms with Crippen molar-refractivity contribution in [2.45, 2.75) is 13.8 Å². The van der Waals surface area contributed by atoms with Gasteiger partial charge in [-0.25, -0.2) is 0 Å². The second kappa shape index (κ2) is 2.83. The zero-order chi connectivity index (χ0) is 10.4. The standard InChI is InChI=1S/C13H11NO/c1-8-9(2)15-13-11(8)6-5-10-4-3-7-14-12(10)13/h3-7H,1-2H3. The van der Waals surface area contributed by atoms with Crippen LogP contribution in [-0.4, -0.2) is 4.98 Å². The van der Waals surface area contributed by atoms with Crippen LogP contribution in [0.3, 0.4) is 0 Å². The van der Waals surface area contributed by atoms with Crippen molar-refractivity contribution in [3.8, 4) is 0 Å². The molecule has 0 aliphatic carbocycles. The molecule has 0 N–H and O–H groups in total. The van der Waals surface area contributed by atoms with Gasteiger partial charge < -0.3 is 4.42 Å². The predicted octanol–water partition coefficient (Wildman–Crippen LogP) is 3.60. The molecule has 2 nitrogen and oxygen atoms in total. The minimum Gasteiger partial charge on any atom is -0.459 e. The average Bonchev–Trinajstić information content (AvgIpc) is 2.56. The Kier molecular flexibility index (Phi) is 1.60. The molecule has 0 saturated carbocycles. The fourth-order valence-corrected chi connectivity index (χ4v) is 1.94. The van der Waals surface area contributed by atoms with Crippen molar-refractivity contribution in [3.63, 3.8) is 0 Å². The van der Waals surface area contributed by atoms with Crippen LogP contribution in [0.25, 0.3) is 21.9 Å². The maximum atomic E-state index is 5.75. The van der Waals surface area contributed by atoms with Crippen LogP contribution in [0.5, 0.6) is 0 Å². The molecule has 0 saturated heterocycles. The molecule has 1 aromatic carbocycles. The van der Waals surface area contributed by atoms with Gasteiger partial charge in [0.25, 0.3) is 0 Å². The van der Waals surface area contributed by atoms with Crippen molar-refractivity contribution in [2.75, 3.05) is 0 Å². The van der Waals surface area contributed by atoms with Crippen LogP contribution >= 0.6 is 0 Å². The van der Waals surface area contributed by atoms with E-state index in [1.54, 1.807) is 6.20 Å². The maximum absolute atomic E-state index is 5.75. The van der Waals surface area contributed by atoms with Crippen LogP contribution in [0.4, 0.5) is 0 Å². The molecule has 2 heterocycles. The molecular formula is C13H11NO. The third-order valence-corrected chi connectivity index (χ3v) is 2.92. The summed E-state index contributed by atoms with van der Waals surface area (Å²) in [6.45, 7) is 4.07. The van der Waals surface area contributed by atoms with E-state index in [0.717, 1.165) is 22.2 Å². The summed E-state index contributed by atoms with van der Waals surface area (Å²) in [5, 5.41) is 2.29. The zero-order valence-corrected chi connectivity index (χ0v) is 8.74. The van der Waals surface area contributed by atoms with Crippen molar-refractivity contribution in [2.24, 2.45) is 0 Å². The molecule has 0 amide bonds. The molecule has 0 aliphatic rings. The maximum Gasteiger partial charge on any atom is 0.160 e. The highest BCUT2D eigenvalue weighted by molar-refractivity contribution is 6.03. The van der Waals surface area contributed by atoms with Gasteiger partial charge in [0.05, 0.1) is 0 Å².